The van der Waals surface area contributed by atoms with Crippen LogP contribution in [0.4, 0.5) is 4.39 Å². The van der Waals surface area contributed by atoms with Gasteiger partial charge in [-0.2, -0.15) is 0 Å². The highest BCUT2D eigenvalue weighted by Crippen LogP contribution is 2.32. The van der Waals surface area contributed by atoms with E-state index in [1.54, 1.807) is 30.3 Å². The quantitative estimate of drug-likeness (QED) is 0.859. The normalized spacial score (nSPS) is 16.4. The second kappa shape index (κ2) is 5.32. The molecule has 0 radical (unpaired) electrons. The minimum absolute atomic E-state index is 0.112. The summed E-state index contributed by atoms with van der Waals surface area (Å²) in [5.41, 5.74) is 4.13. The number of amides is 1. The number of benzene rings is 2. The molecule has 1 N–H and O–H groups in total. The third-order valence-electron chi connectivity index (χ3n) is 4.15. The molecule has 0 unspecified atom stereocenters. The van der Waals surface area contributed by atoms with Crippen molar-refractivity contribution in [1.29, 1.82) is 0 Å². The molecule has 0 bridgehead atoms. The summed E-state index contributed by atoms with van der Waals surface area (Å²) in [6.07, 6.45) is 0. The van der Waals surface area contributed by atoms with Crippen LogP contribution >= 0.6 is 11.6 Å². The zero-order valence-corrected chi connectivity index (χ0v) is 12.8. The molecule has 0 fully saturated rings. The lowest BCUT2D eigenvalue weighted by atomic mass is 9.93. The number of rotatable bonds is 1. The highest BCUT2D eigenvalue weighted by atomic mass is 35.5. The molecule has 4 rings (SSSR count). The van der Waals surface area contributed by atoms with E-state index in [1.165, 1.54) is 6.07 Å². The predicted octanol–water partition coefficient (Wildman–Crippen LogP) is 3.21. The van der Waals surface area contributed by atoms with Gasteiger partial charge in [-0.05, 0) is 35.4 Å². The summed E-state index contributed by atoms with van der Waals surface area (Å²) >= 11 is 6.15. The third kappa shape index (κ3) is 2.26. The Labute approximate surface area is 137 Å². The van der Waals surface area contributed by atoms with E-state index in [1.807, 2.05) is 6.07 Å². The Morgan fingerprint density at radius 1 is 1.04 bits per heavy atom. The van der Waals surface area contributed by atoms with Gasteiger partial charge in [-0.15, -0.1) is 0 Å². The van der Waals surface area contributed by atoms with Crippen molar-refractivity contribution in [2.45, 2.75) is 0 Å². The summed E-state index contributed by atoms with van der Waals surface area (Å²) in [7, 11) is 0. The van der Waals surface area contributed by atoms with Crippen molar-refractivity contribution in [3.63, 3.8) is 0 Å². The third-order valence-corrected chi connectivity index (χ3v) is 4.39. The molecular weight excluding hydrogens is 315 g/mol. The molecule has 3 nitrogen and oxygen atoms in total. The fourth-order valence-corrected chi connectivity index (χ4v) is 3.22. The number of nitrogens with one attached hydrogen (secondary N) is 1. The molecule has 2 aliphatic rings. The Bertz CT molecular complexity index is 902. The van der Waals surface area contributed by atoms with E-state index in [9.17, 15) is 9.18 Å². The van der Waals surface area contributed by atoms with E-state index in [2.05, 4.69) is 10.3 Å². The largest absolute Gasteiger partial charge is 0.348 e. The molecule has 114 valence electrons. The van der Waals surface area contributed by atoms with Gasteiger partial charge in [-0.3, -0.25) is 9.79 Å². The van der Waals surface area contributed by atoms with Gasteiger partial charge in [0.05, 0.1) is 12.3 Å². The Morgan fingerprint density at radius 3 is 2.70 bits per heavy atom. The van der Waals surface area contributed by atoms with E-state index in [-0.39, 0.29) is 18.3 Å². The standard InChI is InChI=1S/C18H12ClFN2O/c19-10-5-6-11-13(7-10)17(12-3-1-2-4-16(12)20)21-9-15-14(11)8-22-18(15)23/h1-7H,8-9H2,(H,22,23). The van der Waals surface area contributed by atoms with E-state index in [4.69, 9.17) is 11.6 Å². The van der Waals surface area contributed by atoms with Crippen LogP contribution in [0.25, 0.3) is 5.57 Å². The van der Waals surface area contributed by atoms with Gasteiger partial charge in [0, 0.05) is 28.3 Å². The topological polar surface area (TPSA) is 41.5 Å². The monoisotopic (exact) mass is 326 g/mol. The molecule has 0 saturated carbocycles. The van der Waals surface area contributed by atoms with Gasteiger partial charge in [0.1, 0.15) is 5.82 Å². The summed E-state index contributed by atoms with van der Waals surface area (Å²) < 4.78 is 14.3. The van der Waals surface area contributed by atoms with E-state index < -0.39 is 0 Å². The van der Waals surface area contributed by atoms with Gasteiger partial charge in [-0.25, -0.2) is 4.39 Å². The Morgan fingerprint density at radius 2 is 1.87 bits per heavy atom. The van der Waals surface area contributed by atoms with Crippen LogP contribution in [0.5, 0.6) is 0 Å². The summed E-state index contributed by atoms with van der Waals surface area (Å²) in [5, 5.41) is 3.37. The predicted molar refractivity (Wildman–Crippen MR) is 88.3 cm³/mol. The number of fused-ring (bicyclic) bond motifs is 2. The molecule has 1 amide bonds. The van der Waals surface area contributed by atoms with Gasteiger partial charge in [-0.1, -0.05) is 29.8 Å². The highest BCUT2D eigenvalue weighted by molar-refractivity contribution is 6.31. The zero-order valence-electron chi connectivity index (χ0n) is 12.1. The van der Waals surface area contributed by atoms with Crippen molar-refractivity contribution in [3.05, 3.63) is 75.6 Å². The second-order valence-electron chi connectivity index (χ2n) is 5.47. The van der Waals surface area contributed by atoms with E-state index in [0.29, 0.717) is 28.4 Å². The number of halogens is 2. The van der Waals surface area contributed by atoms with Gasteiger partial charge in [0.2, 0.25) is 5.91 Å². The molecule has 0 aliphatic carbocycles. The average Bonchev–Trinajstić information content (AvgIpc) is 2.82. The first-order valence-corrected chi connectivity index (χ1v) is 7.63. The number of carbonyl (C=O) groups excluding carboxylic acids is 1. The molecule has 2 aromatic carbocycles. The van der Waals surface area contributed by atoms with Gasteiger partial charge in [0.25, 0.3) is 0 Å². The van der Waals surface area contributed by atoms with E-state index >= 15 is 0 Å². The van der Waals surface area contributed by atoms with Crippen LogP contribution in [0, 0.1) is 5.82 Å². The molecule has 2 heterocycles. The molecule has 0 atom stereocenters. The van der Waals surface area contributed by atoms with Crippen molar-refractivity contribution in [1.82, 2.24) is 5.32 Å². The first-order valence-electron chi connectivity index (χ1n) is 7.25. The second-order valence-corrected chi connectivity index (χ2v) is 5.91. The van der Waals surface area contributed by atoms with Crippen molar-refractivity contribution < 1.29 is 9.18 Å². The van der Waals surface area contributed by atoms with Gasteiger partial charge in [0.15, 0.2) is 0 Å². The van der Waals surface area contributed by atoms with Gasteiger partial charge < -0.3 is 5.32 Å². The molecule has 23 heavy (non-hydrogen) atoms. The fraction of sp³-hybridized carbons (Fsp3) is 0.111. The fourth-order valence-electron chi connectivity index (χ4n) is 3.05. The average molecular weight is 327 g/mol. The van der Waals surface area contributed by atoms with Crippen LogP contribution in [0.15, 0.2) is 53.0 Å². The molecule has 0 saturated heterocycles. The summed E-state index contributed by atoms with van der Waals surface area (Å²) in [4.78, 5) is 16.5. The van der Waals surface area contributed by atoms with E-state index in [0.717, 1.165) is 16.7 Å². The Hall–Kier alpha value is -2.46. The number of hydrogen-bond acceptors (Lipinski definition) is 2. The summed E-state index contributed by atoms with van der Waals surface area (Å²) in [6.45, 7) is 0.694. The number of carbonyl (C=O) groups is 1. The maximum absolute atomic E-state index is 14.3. The minimum atomic E-state index is -0.344. The molecular formula is C18H12ClFN2O. The van der Waals surface area contributed by atoms with Crippen LogP contribution < -0.4 is 5.32 Å². The maximum atomic E-state index is 14.3. The molecule has 5 heteroatoms. The first-order chi connectivity index (χ1) is 11.1. The van der Waals surface area contributed by atoms with Crippen LogP contribution in [0.1, 0.15) is 16.7 Å². The number of hydrogen-bond donors (Lipinski definition) is 1. The lowest BCUT2D eigenvalue weighted by Gasteiger charge is -2.13. The van der Waals surface area contributed by atoms with Gasteiger partial charge >= 0.3 is 0 Å². The molecule has 2 aliphatic heterocycles. The van der Waals surface area contributed by atoms with Crippen molar-refractivity contribution >= 4 is 28.8 Å². The van der Waals surface area contributed by atoms with Crippen molar-refractivity contribution in [2.75, 3.05) is 13.1 Å². The number of nitrogens with zero attached hydrogens (tertiary/aromatic N) is 1. The van der Waals surface area contributed by atoms with Crippen LogP contribution in [-0.2, 0) is 4.79 Å². The lowest BCUT2D eigenvalue weighted by Crippen LogP contribution is -2.19. The lowest BCUT2D eigenvalue weighted by molar-refractivity contribution is -0.116. The smallest absolute Gasteiger partial charge is 0.249 e. The zero-order chi connectivity index (χ0) is 16.0. The highest BCUT2D eigenvalue weighted by Gasteiger charge is 2.29. The Balaban J connectivity index is 1.98. The van der Waals surface area contributed by atoms with Crippen molar-refractivity contribution in [3.8, 4) is 0 Å². The van der Waals surface area contributed by atoms with Crippen LogP contribution in [0.3, 0.4) is 0 Å². The van der Waals surface area contributed by atoms with Crippen LogP contribution in [-0.4, -0.2) is 24.7 Å². The van der Waals surface area contributed by atoms with Crippen LogP contribution in [0.2, 0.25) is 5.02 Å². The first kappa shape index (κ1) is 14.2. The summed E-state index contributed by atoms with van der Waals surface area (Å²) in [5.74, 6) is -0.455. The summed E-state index contributed by atoms with van der Waals surface area (Å²) in [6, 6.07) is 11.9. The SMILES string of the molecule is O=C1NCC2=C1CN=C(c1ccccc1F)c1cc(Cl)ccc12. The maximum Gasteiger partial charge on any atom is 0.249 e. The minimum Gasteiger partial charge on any atom is -0.348 e. The number of aliphatic imine (C=N–C) groups is 1. The molecule has 0 spiro atoms. The Kier molecular flexibility index (Phi) is 3.27. The molecule has 2 aromatic rings. The van der Waals surface area contributed by atoms with Crippen molar-refractivity contribution in [2.24, 2.45) is 4.99 Å². The molecule has 0 aromatic heterocycles.